The summed E-state index contributed by atoms with van der Waals surface area (Å²) in [6.45, 7) is -0.176. The number of ether oxygens (including phenoxy) is 1. The highest BCUT2D eigenvalue weighted by molar-refractivity contribution is 9.10. The maximum Gasteiger partial charge on any atom is 0.271 e. The van der Waals surface area contributed by atoms with Crippen molar-refractivity contribution in [3.05, 3.63) is 63.1 Å². The summed E-state index contributed by atoms with van der Waals surface area (Å²) >= 11 is 3.30. The zero-order valence-electron chi connectivity index (χ0n) is 10.8. The van der Waals surface area contributed by atoms with Crippen LogP contribution >= 0.6 is 15.9 Å². The maximum atomic E-state index is 11.7. The Kier molecular flexibility index (Phi) is 4.89. The fourth-order valence-corrected chi connectivity index (χ4v) is 1.84. The van der Waals surface area contributed by atoms with Gasteiger partial charge >= 0.3 is 0 Å². The lowest BCUT2D eigenvalue weighted by atomic mass is 10.3. The van der Waals surface area contributed by atoms with Crippen molar-refractivity contribution < 1.29 is 14.5 Å². The van der Waals surface area contributed by atoms with Gasteiger partial charge in [-0.3, -0.25) is 14.9 Å². The van der Waals surface area contributed by atoms with E-state index in [1.165, 1.54) is 18.2 Å². The number of hydrogen-bond acceptors (Lipinski definition) is 4. The summed E-state index contributed by atoms with van der Waals surface area (Å²) < 4.78 is 6.22. The number of rotatable bonds is 5. The zero-order valence-corrected chi connectivity index (χ0v) is 12.4. The summed E-state index contributed by atoms with van der Waals surface area (Å²) in [7, 11) is 0. The molecule has 2 aromatic carbocycles. The average molecular weight is 351 g/mol. The molecule has 2 aromatic rings. The molecule has 0 spiro atoms. The molecule has 0 aromatic heterocycles. The minimum Gasteiger partial charge on any atom is -0.484 e. The van der Waals surface area contributed by atoms with E-state index in [9.17, 15) is 14.9 Å². The van der Waals surface area contributed by atoms with Crippen molar-refractivity contribution in [3.63, 3.8) is 0 Å². The van der Waals surface area contributed by atoms with Gasteiger partial charge in [0.05, 0.1) is 4.92 Å². The van der Waals surface area contributed by atoms with E-state index in [1.807, 2.05) is 0 Å². The molecule has 6 nitrogen and oxygen atoms in total. The number of benzene rings is 2. The van der Waals surface area contributed by atoms with Crippen LogP contribution in [0.5, 0.6) is 5.75 Å². The van der Waals surface area contributed by atoms with E-state index in [2.05, 4.69) is 21.2 Å². The number of carbonyl (C=O) groups excluding carboxylic acids is 1. The number of carbonyl (C=O) groups is 1. The molecule has 7 heteroatoms. The molecule has 0 radical (unpaired) electrons. The van der Waals surface area contributed by atoms with Crippen LogP contribution in [0.4, 0.5) is 11.4 Å². The highest BCUT2D eigenvalue weighted by Gasteiger charge is 2.08. The number of nitro groups is 1. The van der Waals surface area contributed by atoms with Crippen molar-refractivity contribution >= 4 is 33.2 Å². The molecule has 0 fully saturated rings. The zero-order chi connectivity index (χ0) is 15.2. The van der Waals surface area contributed by atoms with Gasteiger partial charge in [0.15, 0.2) is 6.61 Å². The van der Waals surface area contributed by atoms with Crippen LogP contribution in [-0.2, 0) is 4.79 Å². The minimum absolute atomic E-state index is 0.0818. The second kappa shape index (κ2) is 6.85. The topological polar surface area (TPSA) is 81.5 Å². The lowest BCUT2D eigenvalue weighted by Gasteiger charge is -2.07. The summed E-state index contributed by atoms with van der Waals surface area (Å²) in [6, 6.07) is 12.8. The number of anilines is 1. The fourth-order valence-electron chi connectivity index (χ4n) is 1.57. The van der Waals surface area contributed by atoms with Crippen molar-refractivity contribution in [2.45, 2.75) is 0 Å². The van der Waals surface area contributed by atoms with Crippen LogP contribution in [0.25, 0.3) is 0 Å². The van der Waals surface area contributed by atoms with Gasteiger partial charge in [-0.05, 0) is 30.3 Å². The van der Waals surface area contributed by atoms with Crippen LogP contribution in [0.15, 0.2) is 53.0 Å². The third-order valence-electron chi connectivity index (χ3n) is 2.52. The summed E-state index contributed by atoms with van der Waals surface area (Å²) in [5.74, 6) is 0.172. The number of hydrogen-bond donors (Lipinski definition) is 1. The molecule has 0 aliphatic heterocycles. The van der Waals surface area contributed by atoms with Crippen LogP contribution in [0.1, 0.15) is 0 Å². The number of halogens is 1. The first-order valence-electron chi connectivity index (χ1n) is 5.97. The van der Waals surface area contributed by atoms with Gasteiger partial charge in [-0.2, -0.15) is 0 Å². The lowest BCUT2D eigenvalue weighted by molar-refractivity contribution is -0.384. The maximum absolute atomic E-state index is 11.7. The van der Waals surface area contributed by atoms with Gasteiger partial charge in [0.25, 0.3) is 11.6 Å². The first kappa shape index (κ1) is 15.0. The molecule has 0 bridgehead atoms. The van der Waals surface area contributed by atoms with Crippen molar-refractivity contribution in [1.29, 1.82) is 0 Å². The van der Waals surface area contributed by atoms with Crippen LogP contribution in [0.3, 0.4) is 0 Å². The number of nitrogens with zero attached hydrogens (tertiary/aromatic N) is 1. The Bertz CT molecular complexity index is 658. The van der Waals surface area contributed by atoms with Crippen molar-refractivity contribution in [2.75, 3.05) is 11.9 Å². The molecule has 0 heterocycles. The quantitative estimate of drug-likeness (QED) is 0.661. The van der Waals surface area contributed by atoms with Gasteiger partial charge in [-0.15, -0.1) is 0 Å². The Morgan fingerprint density at radius 2 is 1.95 bits per heavy atom. The van der Waals surface area contributed by atoms with Gasteiger partial charge < -0.3 is 10.1 Å². The number of nitro benzene ring substituents is 1. The minimum atomic E-state index is -0.520. The Balaban J connectivity index is 1.91. The SMILES string of the molecule is O=C(COc1ccc(Br)cc1)Nc1cccc([N+](=O)[O-])c1. The molecule has 0 unspecified atom stereocenters. The first-order chi connectivity index (χ1) is 10.0. The predicted octanol–water partition coefficient (Wildman–Crippen LogP) is 3.37. The van der Waals surface area contributed by atoms with Gasteiger partial charge in [-0.1, -0.05) is 22.0 Å². The molecule has 0 saturated heterocycles. The Labute approximate surface area is 129 Å². The van der Waals surface area contributed by atoms with Crippen molar-refractivity contribution in [1.82, 2.24) is 0 Å². The second-order valence-corrected chi connectivity index (χ2v) is 5.01. The Morgan fingerprint density at radius 3 is 2.62 bits per heavy atom. The largest absolute Gasteiger partial charge is 0.484 e. The Morgan fingerprint density at radius 1 is 1.24 bits per heavy atom. The molecule has 0 atom stereocenters. The molecule has 0 saturated carbocycles. The summed E-state index contributed by atoms with van der Waals surface area (Å²) in [6.07, 6.45) is 0. The first-order valence-corrected chi connectivity index (χ1v) is 6.76. The molecule has 108 valence electrons. The van der Waals surface area contributed by atoms with Crippen LogP contribution in [-0.4, -0.2) is 17.4 Å². The molecule has 2 rings (SSSR count). The molecule has 21 heavy (non-hydrogen) atoms. The Hall–Kier alpha value is -2.41. The summed E-state index contributed by atoms with van der Waals surface area (Å²) in [5.41, 5.74) is 0.273. The van der Waals surface area contributed by atoms with Gasteiger partial charge in [0.1, 0.15) is 5.75 Å². The van der Waals surface area contributed by atoms with Crippen LogP contribution in [0.2, 0.25) is 0 Å². The highest BCUT2D eigenvalue weighted by atomic mass is 79.9. The second-order valence-electron chi connectivity index (χ2n) is 4.10. The summed E-state index contributed by atoms with van der Waals surface area (Å²) in [4.78, 5) is 21.8. The van der Waals surface area contributed by atoms with E-state index in [-0.39, 0.29) is 12.3 Å². The summed E-state index contributed by atoms with van der Waals surface area (Å²) in [5, 5.41) is 13.2. The molecule has 1 N–H and O–H groups in total. The fraction of sp³-hybridized carbons (Fsp3) is 0.0714. The number of nitrogens with one attached hydrogen (secondary N) is 1. The van der Waals surface area contributed by atoms with E-state index >= 15 is 0 Å². The molecular formula is C14H11BrN2O4. The third kappa shape index (κ3) is 4.57. The standard InChI is InChI=1S/C14H11BrN2O4/c15-10-4-6-13(7-5-10)21-9-14(18)16-11-2-1-3-12(8-11)17(19)20/h1-8H,9H2,(H,16,18). The highest BCUT2D eigenvalue weighted by Crippen LogP contribution is 2.18. The van der Waals surface area contributed by atoms with E-state index in [4.69, 9.17) is 4.74 Å². The van der Waals surface area contributed by atoms with Gasteiger partial charge in [0, 0.05) is 22.3 Å². The smallest absolute Gasteiger partial charge is 0.271 e. The van der Waals surface area contributed by atoms with Crippen molar-refractivity contribution in [3.8, 4) is 5.75 Å². The van der Waals surface area contributed by atoms with E-state index in [0.29, 0.717) is 11.4 Å². The number of amides is 1. The lowest BCUT2D eigenvalue weighted by Crippen LogP contribution is -2.20. The normalized spacial score (nSPS) is 9.95. The van der Waals surface area contributed by atoms with E-state index in [0.717, 1.165) is 4.47 Å². The third-order valence-corrected chi connectivity index (χ3v) is 3.05. The molecule has 0 aliphatic rings. The molecule has 0 aliphatic carbocycles. The molecule has 1 amide bonds. The average Bonchev–Trinajstić information content (AvgIpc) is 2.47. The van der Waals surface area contributed by atoms with Crippen LogP contribution in [0, 0.1) is 10.1 Å². The van der Waals surface area contributed by atoms with Gasteiger partial charge in [-0.25, -0.2) is 0 Å². The van der Waals surface area contributed by atoms with Crippen molar-refractivity contribution in [2.24, 2.45) is 0 Å². The molecular weight excluding hydrogens is 340 g/mol. The predicted molar refractivity (Wildman–Crippen MR) is 81.4 cm³/mol. The van der Waals surface area contributed by atoms with Crippen LogP contribution < -0.4 is 10.1 Å². The van der Waals surface area contributed by atoms with E-state index < -0.39 is 10.8 Å². The van der Waals surface area contributed by atoms with E-state index in [1.54, 1.807) is 30.3 Å². The van der Waals surface area contributed by atoms with Gasteiger partial charge in [0.2, 0.25) is 0 Å². The monoisotopic (exact) mass is 350 g/mol. The number of non-ortho nitro benzene ring substituents is 1.